The van der Waals surface area contributed by atoms with Gasteiger partial charge in [-0.3, -0.25) is 0 Å². The molecule has 0 aliphatic carbocycles. The van der Waals surface area contributed by atoms with Crippen molar-refractivity contribution in [3.8, 4) is 0 Å². The van der Waals surface area contributed by atoms with Crippen LogP contribution in [0.1, 0.15) is 46.0 Å². The zero-order chi connectivity index (χ0) is 9.68. The first-order valence-corrected chi connectivity index (χ1v) is 5.59. The van der Waals surface area contributed by atoms with Crippen molar-refractivity contribution < 1.29 is 9.84 Å². The number of ether oxygens (including phenoxy) is 1. The molecule has 13 heavy (non-hydrogen) atoms. The summed E-state index contributed by atoms with van der Waals surface area (Å²) in [6.45, 7) is 5.12. The van der Waals surface area contributed by atoms with Gasteiger partial charge in [0.15, 0.2) is 6.29 Å². The number of aliphatic hydroxyl groups excluding tert-OH is 1. The summed E-state index contributed by atoms with van der Waals surface area (Å²) in [5.41, 5.74) is 0. The molecule has 3 atom stereocenters. The summed E-state index contributed by atoms with van der Waals surface area (Å²) in [6.07, 6.45) is 5.23. The van der Waals surface area contributed by atoms with Crippen LogP contribution >= 0.6 is 0 Å². The molecule has 1 rings (SSSR count). The van der Waals surface area contributed by atoms with E-state index < -0.39 is 6.29 Å². The molecule has 1 heterocycles. The lowest BCUT2D eigenvalue weighted by Gasteiger charge is -2.26. The van der Waals surface area contributed by atoms with Gasteiger partial charge in [-0.05, 0) is 25.2 Å². The molecule has 0 amide bonds. The first-order valence-electron chi connectivity index (χ1n) is 5.59. The zero-order valence-electron chi connectivity index (χ0n) is 8.83. The van der Waals surface area contributed by atoms with Gasteiger partial charge in [0.2, 0.25) is 0 Å². The molecule has 0 aromatic heterocycles. The number of hydrogen-bond acceptors (Lipinski definition) is 2. The smallest absolute Gasteiger partial charge is 0.157 e. The Labute approximate surface area is 81.3 Å². The predicted molar refractivity (Wildman–Crippen MR) is 53.4 cm³/mol. The Morgan fingerprint density at radius 1 is 1.38 bits per heavy atom. The summed E-state index contributed by atoms with van der Waals surface area (Å²) in [6, 6.07) is 0. The highest BCUT2D eigenvalue weighted by molar-refractivity contribution is 4.74. The van der Waals surface area contributed by atoms with Crippen molar-refractivity contribution in [2.24, 2.45) is 11.8 Å². The minimum atomic E-state index is -0.507. The van der Waals surface area contributed by atoms with Crippen LogP contribution in [-0.2, 0) is 4.74 Å². The fourth-order valence-corrected chi connectivity index (χ4v) is 2.34. The van der Waals surface area contributed by atoms with E-state index in [0.29, 0.717) is 11.8 Å². The van der Waals surface area contributed by atoms with Gasteiger partial charge in [-0.2, -0.15) is 0 Å². The first kappa shape index (κ1) is 11.0. The fourth-order valence-electron chi connectivity index (χ4n) is 2.34. The SMILES string of the molecule is CCCC1C(CC)CCCOC1O. The van der Waals surface area contributed by atoms with Gasteiger partial charge < -0.3 is 9.84 Å². The molecule has 1 N–H and O–H groups in total. The summed E-state index contributed by atoms with van der Waals surface area (Å²) in [7, 11) is 0. The van der Waals surface area contributed by atoms with Crippen molar-refractivity contribution in [3.63, 3.8) is 0 Å². The maximum atomic E-state index is 9.76. The molecule has 78 valence electrons. The molecule has 1 fully saturated rings. The summed E-state index contributed by atoms with van der Waals surface area (Å²) in [5.74, 6) is 1.04. The van der Waals surface area contributed by atoms with Gasteiger partial charge in [0.25, 0.3) is 0 Å². The Bertz CT molecular complexity index is 136. The second-order valence-electron chi connectivity index (χ2n) is 4.02. The Morgan fingerprint density at radius 2 is 2.15 bits per heavy atom. The Morgan fingerprint density at radius 3 is 2.77 bits per heavy atom. The van der Waals surface area contributed by atoms with E-state index in [4.69, 9.17) is 4.74 Å². The molecule has 1 aliphatic rings. The van der Waals surface area contributed by atoms with Gasteiger partial charge in [0, 0.05) is 12.5 Å². The molecule has 2 nitrogen and oxygen atoms in total. The Kier molecular flexibility index (Phi) is 4.74. The monoisotopic (exact) mass is 186 g/mol. The second kappa shape index (κ2) is 5.61. The minimum absolute atomic E-state index is 0.373. The second-order valence-corrected chi connectivity index (χ2v) is 4.02. The highest BCUT2D eigenvalue weighted by Crippen LogP contribution is 2.31. The molecular weight excluding hydrogens is 164 g/mol. The van der Waals surface area contributed by atoms with Crippen molar-refractivity contribution in [2.45, 2.75) is 52.2 Å². The maximum absolute atomic E-state index is 9.76. The fraction of sp³-hybridized carbons (Fsp3) is 1.00. The lowest BCUT2D eigenvalue weighted by Crippen LogP contribution is -2.27. The van der Waals surface area contributed by atoms with Crippen LogP contribution in [0.15, 0.2) is 0 Å². The van der Waals surface area contributed by atoms with Crippen LogP contribution in [0.3, 0.4) is 0 Å². The van der Waals surface area contributed by atoms with Crippen molar-refractivity contribution in [2.75, 3.05) is 6.61 Å². The standard InChI is InChI=1S/C11H22O2/c1-3-6-10-9(4-2)7-5-8-13-11(10)12/h9-12H,3-8H2,1-2H3. The Hall–Kier alpha value is -0.0800. The van der Waals surface area contributed by atoms with Crippen LogP contribution in [0, 0.1) is 11.8 Å². The quantitative estimate of drug-likeness (QED) is 0.734. The van der Waals surface area contributed by atoms with Gasteiger partial charge in [0.05, 0.1) is 0 Å². The van der Waals surface area contributed by atoms with Crippen LogP contribution in [0.4, 0.5) is 0 Å². The third-order valence-electron chi connectivity index (χ3n) is 3.13. The summed E-state index contributed by atoms with van der Waals surface area (Å²) in [5, 5.41) is 9.76. The van der Waals surface area contributed by atoms with E-state index in [2.05, 4.69) is 13.8 Å². The zero-order valence-corrected chi connectivity index (χ0v) is 8.83. The maximum Gasteiger partial charge on any atom is 0.157 e. The van der Waals surface area contributed by atoms with Crippen LogP contribution in [0.2, 0.25) is 0 Å². The summed E-state index contributed by atoms with van der Waals surface area (Å²) < 4.78 is 5.36. The van der Waals surface area contributed by atoms with E-state index in [1.807, 2.05) is 0 Å². The molecular formula is C11H22O2. The number of hydrogen-bond donors (Lipinski definition) is 1. The molecule has 0 radical (unpaired) electrons. The normalized spacial score (nSPS) is 35.8. The molecule has 0 bridgehead atoms. The third kappa shape index (κ3) is 2.96. The van der Waals surface area contributed by atoms with Crippen molar-refractivity contribution in [1.29, 1.82) is 0 Å². The Balaban J connectivity index is 2.55. The van der Waals surface area contributed by atoms with Crippen LogP contribution in [0.25, 0.3) is 0 Å². The van der Waals surface area contributed by atoms with E-state index in [0.717, 1.165) is 25.9 Å². The lowest BCUT2D eigenvalue weighted by molar-refractivity contribution is -0.136. The molecule has 1 aliphatic heterocycles. The highest BCUT2D eigenvalue weighted by Gasteiger charge is 2.29. The summed E-state index contributed by atoms with van der Waals surface area (Å²) in [4.78, 5) is 0. The first-order chi connectivity index (χ1) is 6.29. The van der Waals surface area contributed by atoms with E-state index in [1.54, 1.807) is 0 Å². The van der Waals surface area contributed by atoms with Crippen molar-refractivity contribution in [3.05, 3.63) is 0 Å². The minimum Gasteiger partial charge on any atom is -0.368 e. The van der Waals surface area contributed by atoms with E-state index >= 15 is 0 Å². The number of aliphatic hydroxyl groups is 1. The topological polar surface area (TPSA) is 29.5 Å². The van der Waals surface area contributed by atoms with Gasteiger partial charge in [-0.25, -0.2) is 0 Å². The van der Waals surface area contributed by atoms with Crippen molar-refractivity contribution >= 4 is 0 Å². The molecule has 1 saturated heterocycles. The van der Waals surface area contributed by atoms with E-state index in [-0.39, 0.29) is 0 Å². The molecule has 3 unspecified atom stereocenters. The van der Waals surface area contributed by atoms with Crippen LogP contribution < -0.4 is 0 Å². The molecule has 0 aromatic carbocycles. The van der Waals surface area contributed by atoms with Gasteiger partial charge in [-0.15, -0.1) is 0 Å². The van der Waals surface area contributed by atoms with Gasteiger partial charge in [-0.1, -0.05) is 26.7 Å². The molecule has 0 spiro atoms. The molecule has 2 heteroatoms. The number of rotatable bonds is 3. The lowest BCUT2D eigenvalue weighted by atomic mass is 9.84. The van der Waals surface area contributed by atoms with E-state index in [9.17, 15) is 5.11 Å². The van der Waals surface area contributed by atoms with Gasteiger partial charge >= 0.3 is 0 Å². The molecule has 0 aromatic rings. The third-order valence-corrected chi connectivity index (χ3v) is 3.13. The van der Waals surface area contributed by atoms with Crippen molar-refractivity contribution in [1.82, 2.24) is 0 Å². The predicted octanol–water partition coefficient (Wildman–Crippen LogP) is 2.56. The van der Waals surface area contributed by atoms with E-state index in [1.165, 1.54) is 12.8 Å². The summed E-state index contributed by atoms with van der Waals surface area (Å²) >= 11 is 0. The van der Waals surface area contributed by atoms with Crippen LogP contribution in [-0.4, -0.2) is 18.0 Å². The van der Waals surface area contributed by atoms with Gasteiger partial charge in [0.1, 0.15) is 0 Å². The highest BCUT2D eigenvalue weighted by atomic mass is 16.6. The average molecular weight is 186 g/mol. The average Bonchev–Trinajstić information content (AvgIpc) is 2.30. The van der Waals surface area contributed by atoms with Crippen LogP contribution in [0.5, 0.6) is 0 Å². The molecule has 0 saturated carbocycles. The largest absolute Gasteiger partial charge is 0.368 e.